The number of carbonyl (C=O) groups is 2. The highest BCUT2D eigenvalue weighted by Crippen LogP contribution is 2.28. The van der Waals surface area contributed by atoms with Crippen LogP contribution in [0.5, 0.6) is 11.5 Å². The molecule has 0 saturated heterocycles. The summed E-state index contributed by atoms with van der Waals surface area (Å²) < 4.78 is 24.3. The van der Waals surface area contributed by atoms with Crippen LogP contribution in [-0.4, -0.2) is 35.6 Å². The molecule has 1 atom stereocenters. The Morgan fingerprint density at radius 1 is 1.19 bits per heavy atom. The fourth-order valence-electron chi connectivity index (χ4n) is 3.32. The number of ether oxygens (including phenoxy) is 2. The molecular weight excluding hydrogens is 437 g/mol. The van der Waals surface area contributed by atoms with Gasteiger partial charge < -0.3 is 20.1 Å². The van der Waals surface area contributed by atoms with Gasteiger partial charge in [-0.15, -0.1) is 0 Å². The quantitative estimate of drug-likeness (QED) is 0.596. The summed E-state index contributed by atoms with van der Waals surface area (Å²) in [4.78, 5) is 28.7. The largest absolute Gasteiger partial charge is 0.484 e. The van der Waals surface area contributed by atoms with Crippen molar-refractivity contribution in [1.29, 1.82) is 0 Å². The van der Waals surface area contributed by atoms with E-state index in [0.717, 1.165) is 17.5 Å². The first-order chi connectivity index (χ1) is 15.2. The van der Waals surface area contributed by atoms with Gasteiger partial charge >= 0.3 is 0 Å². The molecule has 9 heteroatoms. The Bertz CT molecular complexity index is 1060. The minimum Gasteiger partial charge on any atom is -0.484 e. The van der Waals surface area contributed by atoms with Crippen LogP contribution >= 0.6 is 11.6 Å². The summed E-state index contributed by atoms with van der Waals surface area (Å²) in [6.07, 6.45) is 2.92. The van der Waals surface area contributed by atoms with E-state index in [0.29, 0.717) is 24.3 Å². The van der Waals surface area contributed by atoms with E-state index in [4.69, 9.17) is 21.1 Å². The number of amides is 2. The highest BCUT2D eigenvalue weighted by Gasteiger charge is 2.34. The molecule has 1 unspecified atom stereocenters. The van der Waals surface area contributed by atoms with Crippen molar-refractivity contribution < 1.29 is 23.5 Å². The number of nitrogens with zero attached hydrogens (tertiary/aromatic N) is 1. The predicted molar refractivity (Wildman–Crippen MR) is 118 cm³/mol. The van der Waals surface area contributed by atoms with Gasteiger partial charge in [-0.25, -0.2) is 4.39 Å². The third-order valence-corrected chi connectivity index (χ3v) is 5.11. The van der Waals surface area contributed by atoms with E-state index < -0.39 is 11.4 Å². The fraction of sp³-hybridized carbons (Fsp3) is 0.348. The minimum atomic E-state index is -0.619. The van der Waals surface area contributed by atoms with Crippen molar-refractivity contribution in [2.45, 2.75) is 39.2 Å². The summed E-state index contributed by atoms with van der Waals surface area (Å²) in [6.45, 7) is 5.31. The lowest BCUT2D eigenvalue weighted by Gasteiger charge is -2.37. The molecule has 2 amide bonds. The highest BCUT2D eigenvalue weighted by molar-refractivity contribution is 6.30. The molecule has 2 N–H and O–H groups in total. The molecule has 1 aliphatic carbocycles. The molecule has 3 rings (SSSR count). The van der Waals surface area contributed by atoms with Crippen LogP contribution in [0.2, 0.25) is 5.02 Å². The normalized spacial score (nSPS) is 17.1. The van der Waals surface area contributed by atoms with Crippen LogP contribution in [0.3, 0.4) is 0 Å². The van der Waals surface area contributed by atoms with Crippen molar-refractivity contribution in [2.75, 3.05) is 13.2 Å². The third kappa shape index (κ3) is 6.20. The Kier molecular flexibility index (Phi) is 7.35. The molecule has 0 spiro atoms. The molecule has 1 heterocycles. The summed E-state index contributed by atoms with van der Waals surface area (Å²) in [5.74, 6) is -0.480. The second-order valence-electron chi connectivity index (χ2n) is 7.76. The summed E-state index contributed by atoms with van der Waals surface area (Å²) >= 11 is 5.61. The number of halogens is 2. The lowest BCUT2D eigenvalue weighted by atomic mass is 9.84. The fourth-order valence-corrected chi connectivity index (χ4v) is 3.44. The second-order valence-corrected chi connectivity index (χ2v) is 8.17. The topological polar surface area (TPSA) is 89.5 Å². The van der Waals surface area contributed by atoms with Gasteiger partial charge in [0, 0.05) is 23.9 Å². The molecular formula is C23H25ClFN3O4. The van der Waals surface area contributed by atoms with E-state index in [1.54, 1.807) is 6.08 Å². The van der Waals surface area contributed by atoms with Crippen LogP contribution in [-0.2, 0) is 16.0 Å². The number of pyridine rings is 1. The van der Waals surface area contributed by atoms with Gasteiger partial charge in [-0.3, -0.25) is 14.6 Å². The van der Waals surface area contributed by atoms with Crippen molar-refractivity contribution in [1.82, 2.24) is 15.6 Å². The minimum absolute atomic E-state index is 0.0190. The molecule has 0 fully saturated rings. The molecule has 7 nitrogen and oxygen atoms in total. The Labute approximate surface area is 191 Å². The number of benzene rings is 1. The second kappa shape index (κ2) is 9.99. The van der Waals surface area contributed by atoms with E-state index in [9.17, 15) is 14.0 Å². The van der Waals surface area contributed by atoms with Gasteiger partial charge in [0.25, 0.3) is 11.8 Å². The van der Waals surface area contributed by atoms with Gasteiger partial charge in [-0.1, -0.05) is 18.5 Å². The molecule has 1 aromatic heterocycles. The Morgan fingerprint density at radius 2 is 1.91 bits per heavy atom. The maximum absolute atomic E-state index is 13.4. The molecule has 32 heavy (non-hydrogen) atoms. The van der Waals surface area contributed by atoms with E-state index in [-0.39, 0.29) is 35.8 Å². The van der Waals surface area contributed by atoms with Crippen LogP contribution in [0.4, 0.5) is 4.39 Å². The van der Waals surface area contributed by atoms with E-state index >= 15 is 0 Å². The van der Waals surface area contributed by atoms with E-state index in [2.05, 4.69) is 15.6 Å². The average Bonchev–Trinajstić information content (AvgIpc) is 2.72. The van der Waals surface area contributed by atoms with Crippen molar-refractivity contribution in [3.05, 3.63) is 64.3 Å². The Morgan fingerprint density at radius 3 is 2.59 bits per heavy atom. The molecule has 0 aliphatic heterocycles. The van der Waals surface area contributed by atoms with Crippen molar-refractivity contribution in [2.24, 2.45) is 0 Å². The summed E-state index contributed by atoms with van der Waals surface area (Å²) in [6, 6.07) is 7.60. The van der Waals surface area contributed by atoms with Gasteiger partial charge in [-0.05, 0) is 50.6 Å². The number of hydrogen-bond acceptors (Lipinski definition) is 5. The third-order valence-electron chi connectivity index (χ3n) is 4.80. The zero-order chi connectivity index (χ0) is 23.3. The first-order valence-corrected chi connectivity index (χ1v) is 10.5. The van der Waals surface area contributed by atoms with E-state index in [1.807, 2.05) is 32.9 Å². The van der Waals surface area contributed by atoms with Crippen LogP contribution in [0.1, 0.15) is 31.7 Å². The first-order valence-electron chi connectivity index (χ1n) is 10.2. The number of carbonyl (C=O) groups excluding carboxylic acids is 2. The zero-order valence-electron chi connectivity index (χ0n) is 18.1. The molecule has 170 valence electrons. The predicted octanol–water partition coefficient (Wildman–Crippen LogP) is 3.48. The summed E-state index contributed by atoms with van der Waals surface area (Å²) in [5, 5.41) is 5.57. The number of hydrogen-bond donors (Lipinski definition) is 2. The molecule has 0 bridgehead atoms. The number of aryl methyl sites for hydroxylation is 2. The number of nitrogens with one attached hydrogen (secondary N) is 2. The molecule has 1 aromatic carbocycles. The molecule has 0 saturated carbocycles. The van der Waals surface area contributed by atoms with Crippen LogP contribution in [0.25, 0.3) is 0 Å². The van der Waals surface area contributed by atoms with Crippen LogP contribution in [0, 0.1) is 12.7 Å². The summed E-state index contributed by atoms with van der Waals surface area (Å²) in [5.41, 5.74) is 1.79. The number of aromatic nitrogens is 1. The monoisotopic (exact) mass is 461 g/mol. The van der Waals surface area contributed by atoms with Gasteiger partial charge in [0.1, 0.15) is 17.3 Å². The maximum atomic E-state index is 13.4. The number of rotatable bonds is 9. The maximum Gasteiger partial charge on any atom is 0.262 e. The molecule has 1 aliphatic rings. The zero-order valence-corrected chi connectivity index (χ0v) is 18.9. The van der Waals surface area contributed by atoms with Gasteiger partial charge in [0.2, 0.25) is 0 Å². The summed E-state index contributed by atoms with van der Waals surface area (Å²) in [7, 11) is 0. The van der Waals surface area contributed by atoms with Crippen molar-refractivity contribution in [3.63, 3.8) is 0 Å². The highest BCUT2D eigenvalue weighted by atomic mass is 35.5. The van der Waals surface area contributed by atoms with Gasteiger partial charge in [0.05, 0.1) is 16.3 Å². The lowest BCUT2D eigenvalue weighted by Crippen LogP contribution is -2.53. The first kappa shape index (κ1) is 23.5. The Balaban J connectivity index is 1.43. The van der Waals surface area contributed by atoms with Crippen LogP contribution in [0.15, 0.2) is 42.1 Å². The molecule has 0 radical (unpaired) electrons. The van der Waals surface area contributed by atoms with Crippen molar-refractivity contribution in [3.8, 4) is 11.5 Å². The van der Waals surface area contributed by atoms with E-state index in [1.165, 1.54) is 12.1 Å². The SMILES string of the molecule is CCc1nc(C)ccc1OCC(=O)NC1(C)C=C(NC(=O)COc2ccc(Cl)c(F)c2)C1. The average molecular weight is 462 g/mol. The van der Waals surface area contributed by atoms with Gasteiger partial charge in [-0.2, -0.15) is 0 Å². The standard InChI is InChI=1S/C23H25ClFN3O4/c1-4-19-20(8-5-14(2)26-19)32-13-22(30)28-23(3)10-15(11-23)27-21(29)12-31-16-6-7-17(24)18(25)9-16/h5-10H,4,11-13H2,1-3H3,(H,27,29)(H,28,30). The lowest BCUT2D eigenvalue weighted by molar-refractivity contribution is -0.124. The molecule has 2 aromatic rings. The van der Waals surface area contributed by atoms with Gasteiger partial charge in [0.15, 0.2) is 13.2 Å². The smallest absolute Gasteiger partial charge is 0.262 e. The van der Waals surface area contributed by atoms with Crippen LogP contribution < -0.4 is 20.1 Å². The Hall–Kier alpha value is -3.13. The van der Waals surface area contributed by atoms with Crippen molar-refractivity contribution >= 4 is 23.4 Å².